The van der Waals surface area contributed by atoms with Crippen LogP contribution in [0.1, 0.15) is 25.0 Å². The zero-order valence-corrected chi connectivity index (χ0v) is 17.4. The van der Waals surface area contributed by atoms with Crippen molar-refractivity contribution >= 4 is 23.6 Å². The summed E-state index contributed by atoms with van der Waals surface area (Å²) in [7, 11) is 1.59. The van der Waals surface area contributed by atoms with Crippen molar-refractivity contribution in [1.29, 1.82) is 0 Å². The molecule has 2 aromatic rings. The summed E-state index contributed by atoms with van der Waals surface area (Å²) in [6.45, 7) is 6.72. The Bertz CT molecular complexity index is 877. The highest BCUT2D eigenvalue weighted by Crippen LogP contribution is 2.30. The quantitative estimate of drug-likeness (QED) is 0.653. The summed E-state index contributed by atoms with van der Waals surface area (Å²) in [5, 5.41) is 2.78. The molecule has 0 aliphatic heterocycles. The standard InChI is InChI=1S/C23H28N2O4/c1-5-28-20-12-11-19(15-21(20)29-6-2)24-22(26)16-25(4)23(27)13-10-18-9-7-8-17(3)14-18/h7-15H,5-6,16H2,1-4H3,(H,24,26)/b13-10+. The molecule has 0 unspecified atom stereocenters. The molecule has 0 spiro atoms. The number of aryl methyl sites for hydroxylation is 1. The van der Waals surface area contributed by atoms with E-state index in [-0.39, 0.29) is 18.4 Å². The van der Waals surface area contributed by atoms with E-state index in [0.717, 1.165) is 11.1 Å². The van der Waals surface area contributed by atoms with Crippen LogP contribution in [0.5, 0.6) is 11.5 Å². The molecule has 0 aromatic heterocycles. The third-order valence-electron chi connectivity index (χ3n) is 4.04. The van der Waals surface area contributed by atoms with Gasteiger partial charge in [-0.3, -0.25) is 9.59 Å². The fourth-order valence-electron chi connectivity index (χ4n) is 2.69. The Morgan fingerprint density at radius 2 is 1.76 bits per heavy atom. The van der Waals surface area contributed by atoms with Gasteiger partial charge in [0.2, 0.25) is 11.8 Å². The molecule has 1 N–H and O–H groups in total. The first-order chi connectivity index (χ1) is 13.9. The summed E-state index contributed by atoms with van der Waals surface area (Å²) in [6, 6.07) is 13.0. The largest absolute Gasteiger partial charge is 0.490 e. The second kappa shape index (κ2) is 10.9. The van der Waals surface area contributed by atoms with Crippen molar-refractivity contribution in [1.82, 2.24) is 4.90 Å². The number of ether oxygens (including phenoxy) is 2. The molecule has 0 radical (unpaired) electrons. The normalized spacial score (nSPS) is 10.6. The van der Waals surface area contributed by atoms with Gasteiger partial charge in [-0.05, 0) is 44.5 Å². The number of carbonyl (C=O) groups is 2. The lowest BCUT2D eigenvalue weighted by Crippen LogP contribution is -2.33. The molecule has 29 heavy (non-hydrogen) atoms. The third kappa shape index (κ3) is 6.99. The van der Waals surface area contributed by atoms with Gasteiger partial charge in [0, 0.05) is 24.9 Å². The molecule has 0 saturated carbocycles. The van der Waals surface area contributed by atoms with E-state index >= 15 is 0 Å². The molecule has 2 rings (SSSR count). The minimum atomic E-state index is -0.295. The Morgan fingerprint density at radius 1 is 1.03 bits per heavy atom. The van der Waals surface area contributed by atoms with Gasteiger partial charge in [0.05, 0.1) is 19.8 Å². The number of hydrogen-bond donors (Lipinski definition) is 1. The number of rotatable bonds is 9. The van der Waals surface area contributed by atoms with Crippen molar-refractivity contribution in [2.75, 3.05) is 32.1 Å². The topological polar surface area (TPSA) is 67.9 Å². The van der Waals surface area contributed by atoms with E-state index in [1.165, 1.54) is 11.0 Å². The molecule has 2 aromatic carbocycles. The Morgan fingerprint density at radius 3 is 2.45 bits per heavy atom. The van der Waals surface area contributed by atoms with E-state index in [9.17, 15) is 9.59 Å². The van der Waals surface area contributed by atoms with Crippen molar-refractivity contribution in [3.8, 4) is 11.5 Å². The number of carbonyl (C=O) groups excluding carboxylic acids is 2. The number of nitrogens with zero attached hydrogens (tertiary/aromatic N) is 1. The van der Waals surface area contributed by atoms with E-state index < -0.39 is 0 Å². The summed E-state index contributed by atoms with van der Waals surface area (Å²) < 4.78 is 11.1. The minimum absolute atomic E-state index is 0.0613. The van der Waals surface area contributed by atoms with Crippen LogP contribution in [0.4, 0.5) is 5.69 Å². The van der Waals surface area contributed by atoms with Crippen molar-refractivity contribution < 1.29 is 19.1 Å². The van der Waals surface area contributed by atoms with Gasteiger partial charge in [-0.15, -0.1) is 0 Å². The van der Waals surface area contributed by atoms with Gasteiger partial charge in [-0.2, -0.15) is 0 Å². The molecule has 0 heterocycles. The number of likely N-dealkylation sites (N-methyl/N-ethyl adjacent to an activating group) is 1. The van der Waals surface area contributed by atoms with Crippen molar-refractivity contribution in [2.45, 2.75) is 20.8 Å². The minimum Gasteiger partial charge on any atom is -0.490 e. The van der Waals surface area contributed by atoms with Crippen LogP contribution in [0.15, 0.2) is 48.5 Å². The lowest BCUT2D eigenvalue weighted by Gasteiger charge is -2.16. The first-order valence-corrected chi connectivity index (χ1v) is 9.62. The summed E-state index contributed by atoms with van der Waals surface area (Å²) in [5.74, 6) is 0.651. The van der Waals surface area contributed by atoms with Gasteiger partial charge in [0.25, 0.3) is 0 Å². The molecule has 6 heteroatoms. The van der Waals surface area contributed by atoms with Crippen LogP contribution in [0.3, 0.4) is 0 Å². The van der Waals surface area contributed by atoms with Crippen LogP contribution in [0.25, 0.3) is 6.08 Å². The van der Waals surface area contributed by atoms with Gasteiger partial charge in [-0.1, -0.05) is 29.8 Å². The fourth-order valence-corrected chi connectivity index (χ4v) is 2.69. The molecule has 154 valence electrons. The monoisotopic (exact) mass is 396 g/mol. The van der Waals surface area contributed by atoms with E-state index in [1.54, 1.807) is 31.3 Å². The molecular formula is C23H28N2O4. The van der Waals surface area contributed by atoms with E-state index in [4.69, 9.17) is 9.47 Å². The van der Waals surface area contributed by atoms with Gasteiger partial charge < -0.3 is 19.7 Å². The van der Waals surface area contributed by atoms with Crippen LogP contribution in [-0.4, -0.2) is 43.5 Å². The lowest BCUT2D eigenvalue weighted by molar-refractivity contribution is -0.129. The summed E-state index contributed by atoms with van der Waals surface area (Å²) in [6.07, 6.45) is 3.21. The zero-order chi connectivity index (χ0) is 21.2. The highest BCUT2D eigenvalue weighted by molar-refractivity contribution is 5.98. The molecule has 0 fully saturated rings. The summed E-state index contributed by atoms with van der Waals surface area (Å²) in [4.78, 5) is 26.0. The fraction of sp³-hybridized carbons (Fsp3) is 0.304. The van der Waals surface area contributed by atoms with E-state index in [0.29, 0.717) is 30.4 Å². The Kier molecular flexibility index (Phi) is 8.27. The first-order valence-electron chi connectivity index (χ1n) is 9.62. The Labute approximate surface area is 172 Å². The molecule has 0 bridgehead atoms. The zero-order valence-electron chi connectivity index (χ0n) is 17.4. The summed E-state index contributed by atoms with van der Waals surface area (Å²) >= 11 is 0. The highest BCUT2D eigenvalue weighted by Gasteiger charge is 2.12. The maximum absolute atomic E-state index is 12.3. The molecule has 2 amide bonds. The maximum Gasteiger partial charge on any atom is 0.246 e. The van der Waals surface area contributed by atoms with Gasteiger partial charge in [-0.25, -0.2) is 0 Å². The van der Waals surface area contributed by atoms with Crippen molar-refractivity contribution in [3.05, 3.63) is 59.7 Å². The lowest BCUT2D eigenvalue weighted by atomic mass is 10.1. The number of benzene rings is 2. The van der Waals surface area contributed by atoms with Gasteiger partial charge >= 0.3 is 0 Å². The average molecular weight is 396 g/mol. The van der Waals surface area contributed by atoms with Crippen LogP contribution in [0.2, 0.25) is 0 Å². The second-order valence-electron chi connectivity index (χ2n) is 6.52. The molecule has 0 saturated heterocycles. The predicted octanol–water partition coefficient (Wildman–Crippen LogP) is 3.90. The molecular weight excluding hydrogens is 368 g/mol. The van der Waals surface area contributed by atoms with Crippen LogP contribution >= 0.6 is 0 Å². The Balaban J connectivity index is 1.95. The SMILES string of the molecule is CCOc1ccc(NC(=O)CN(C)C(=O)/C=C/c2cccc(C)c2)cc1OCC. The number of hydrogen-bond acceptors (Lipinski definition) is 4. The van der Waals surface area contributed by atoms with Gasteiger partial charge in [0.1, 0.15) is 0 Å². The van der Waals surface area contributed by atoms with E-state index in [2.05, 4.69) is 5.32 Å². The third-order valence-corrected chi connectivity index (χ3v) is 4.04. The van der Waals surface area contributed by atoms with Crippen molar-refractivity contribution in [3.63, 3.8) is 0 Å². The summed E-state index contributed by atoms with van der Waals surface area (Å²) in [5.41, 5.74) is 2.64. The van der Waals surface area contributed by atoms with Crippen LogP contribution in [0, 0.1) is 6.92 Å². The predicted molar refractivity (Wildman–Crippen MR) is 115 cm³/mol. The molecule has 0 aliphatic carbocycles. The Hall–Kier alpha value is -3.28. The van der Waals surface area contributed by atoms with Gasteiger partial charge in [0.15, 0.2) is 11.5 Å². The van der Waals surface area contributed by atoms with Crippen molar-refractivity contribution in [2.24, 2.45) is 0 Å². The molecule has 0 atom stereocenters. The van der Waals surface area contributed by atoms with Crippen LogP contribution in [-0.2, 0) is 9.59 Å². The molecule has 6 nitrogen and oxygen atoms in total. The smallest absolute Gasteiger partial charge is 0.246 e. The second-order valence-corrected chi connectivity index (χ2v) is 6.52. The van der Waals surface area contributed by atoms with E-state index in [1.807, 2.05) is 45.0 Å². The number of amides is 2. The number of nitrogens with one attached hydrogen (secondary N) is 1. The maximum atomic E-state index is 12.3. The average Bonchev–Trinajstić information content (AvgIpc) is 2.68. The van der Waals surface area contributed by atoms with Crippen LogP contribution < -0.4 is 14.8 Å². The highest BCUT2D eigenvalue weighted by atomic mass is 16.5. The number of anilines is 1. The first kappa shape index (κ1) is 22.0. The molecule has 0 aliphatic rings.